The molecule has 1 aromatic carbocycles. The van der Waals surface area contributed by atoms with E-state index in [0.717, 1.165) is 44.2 Å². The van der Waals surface area contributed by atoms with Crippen molar-refractivity contribution in [3.63, 3.8) is 0 Å². The molecule has 0 spiro atoms. The first-order valence-corrected chi connectivity index (χ1v) is 10.1. The maximum atomic E-state index is 12.3. The van der Waals surface area contributed by atoms with E-state index in [-0.39, 0.29) is 11.9 Å². The summed E-state index contributed by atoms with van der Waals surface area (Å²) in [6.07, 6.45) is 2.34. The molecule has 0 saturated carbocycles. The zero-order chi connectivity index (χ0) is 20.4. The van der Waals surface area contributed by atoms with Crippen LogP contribution in [-0.4, -0.2) is 38.7 Å². The van der Waals surface area contributed by atoms with Gasteiger partial charge < -0.3 is 14.3 Å². The highest BCUT2D eigenvalue weighted by Crippen LogP contribution is 2.19. The summed E-state index contributed by atoms with van der Waals surface area (Å²) in [6.45, 7) is 9.84. The van der Waals surface area contributed by atoms with Gasteiger partial charge in [0.15, 0.2) is 11.6 Å². The predicted molar refractivity (Wildman–Crippen MR) is 110 cm³/mol. The largest absolute Gasteiger partial charge is 0.459 e. The molecule has 3 aromatic rings. The smallest absolute Gasteiger partial charge is 0.287 e. The lowest BCUT2D eigenvalue weighted by Crippen LogP contribution is -2.30. The zero-order valence-electron chi connectivity index (χ0n) is 17.2. The molecule has 0 saturated heterocycles. The predicted octanol–water partition coefficient (Wildman–Crippen LogP) is 3.04. The molecule has 152 valence electrons. The summed E-state index contributed by atoms with van der Waals surface area (Å²) in [7, 11) is 0. The highest BCUT2D eigenvalue weighted by atomic mass is 16.3. The number of benzene rings is 1. The Hall–Kier alpha value is -2.93. The third kappa shape index (κ3) is 4.24. The first-order chi connectivity index (χ1) is 14.0. The highest BCUT2D eigenvalue weighted by molar-refractivity contribution is 5.91. The number of carbonyl (C=O) groups is 1. The third-order valence-corrected chi connectivity index (χ3v) is 5.52. The average molecular weight is 393 g/mol. The fraction of sp³-hybridized carbons (Fsp3) is 0.409. The van der Waals surface area contributed by atoms with Crippen molar-refractivity contribution in [1.82, 2.24) is 25.0 Å². The second-order valence-electron chi connectivity index (χ2n) is 7.75. The lowest BCUT2D eigenvalue weighted by Gasteiger charge is -2.21. The second kappa shape index (κ2) is 8.21. The van der Waals surface area contributed by atoms with Gasteiger partial charge in [0.25, 0.3) is 5.91 Å². The molecule has 4 rings (SSSR count). The maximum absolute atomic E-state index is 12.3. The van der Waals surface area contributed by atoms with E-state index in [1.807, 2.05) is 6.92 Å². The van der Waals surface area contributed by atoms with Gasteiger partial charge in [0.1, 0.15) is 5.82 Å². The second-order valence-corrected chi connectivity index (χ2v) is 7.75. The summed E-state index contributed by atoms with van der Waals surface area (Å²) in [5, 5.41) is 11.7. The fourth-order valence-electron chi connectivity index (χ4n) is 3.87. The Labute approximate surface area is 170 Å². The van der Waals surface area contributed by atoms with E-state index in [1.54, 1.807) is 12.1 Å². The summed E-state index contributed by atoms with van der Waals surface area (Å²) in [6, 6.07) is 9.75. The van der Waals surface area contributed by atoms with Gasteiger partial charge in [0.05, 0.1) is 12.3 Å². The molecule has 2 aromatic heterocycles. The van der Waals surface area contributed by atoms with E-state index >= 15 is 0 Å². The summed E-state index contributed by atoms with van der Waals surface area (Å²) in [5.41, 5.74) is 4.00. The van der Waals surface area contributed by atoms with Crippen molar-refractivity contribution in [2.75, 3.05) is 13.1 Å². The van der Waals surface area contributed by atoms with Crippen LogP contribution in [0.5, 0.6) is 0 Å². The van der Waals surface area contributed by atoms with Gasteiger partial charge in [0.2, 0.25) is 0 Å². The Balaban J connectivity index is 1.43. The number of nitrogens with one attached hydrogen (secondary N) is 1. The molecule has 1 amide bonds. The van der Waals surface area contributed by atoms with Gasteiger partial charge in [-0.25, -0.2) is 0 Å². The van der Waals surface area contributed by atoms with Crippen LogP contribution in [0.4, 0.5) is 0 Å². The topological polar surface area (TPSA) is 76.2 Å². The number of carbonyl (C=O) groups excluding carboxylic acids is 1. The first-order valence-electron chi connectivity index (χ1n) is 10.1. The molecule has 0 radical (unpaired) electrons. The number of aromatic nitrogens is 3. The van der Waals surface area contributed by atoms with Crippen LogP contribution >= 0.6 is 0 Å². The number of rotatable bonds is 5. The molecule has 7 nitrogen and oxygen atoms in total. The SMILES string of the molecule is Cc1ccc(CN2CCc3nnc([C@H](C)NC(=O)c4ccco4)n3CC2)c(C)c1. The number of amides is 1. The van der Waals surface area contributed by atoms with Crippen molar-refractivity contribution in [2.45, 2.75) is 46.3 Å². The zero-order valence-corrected chi connectivity index (χ0v) is 17.2. The standard InChI is InChI=1S/C22H27N5O2/c1-15-6-7-18(16(2)13-15)14-26-9-8-20-24-25-21(27(20)11-10-26)17(3)23-22(28)19-5-4-12-29-19/h4-7,12-13,17H,8-11,14H2,1-3H3,(H,23,28)/t17-/m0/s1. The molecule has 1 aliphatic heterocycles. The monoisotopic (exact) mass is 393 g/mol. The van der Waals surface area contributed by atoms with E-state index in [0.29, 0.717) is 5.76 Å². The van der Waals surface area contributed by atoms with E-state index < -0.39 is 0 Å². The van der Waals surface area contributed by atoms with Gasteiger partial charge >= 0.3 is 0 Å². The summed E-state index contributed by atoms with van der Waals surface area (Å²) < 4.78 is 7.32. The normalized spacial score (nSPS) is 15.6. The Morgan fingerprint density at radius 3 is 2.83 bits per heavy atom. The van der Waals surface area contributed by atoms with Crippen molar-refractivity contribution in [3.8, 4) is 0 Å². The molecule has 0 unspecified atom stereocenters. The van der Waals surface area contributed by atoms with Crippen molar-refractivity contribution < 1.29 is 9.21 Å². The molecule has 0 aliphatic carbocycles. The van der Waals surface area contributed by atoms with E-state index in [4.69, 9.17) is 4.42 Å². The minimum atomic E-state index is -0.250. The van der Waals surface area contributed by atoms with Crippen LogP contribution in [0.1, 0.15) is 51.9 Å². The highest BCUT2D eigenvalue weighted by Gasteiger charge is 2.23. The minimum Gasteiger partial charge on any atom is -0.459 e. The van der Waals surface area contributed by atoms with Crippen molar-refractivity contribution in [1.29, 1.82) is 0 Å². The van der Waals surface area contributed by atoms with Crippen LogP contribution in [0.2, 0.25) is 0 Å². The molecule has 1 aliphatic rings. The quantitative estimate of drug-likeness (QED) is 0.721. The Bertz CT molecular complexity index is 993. The van der Waals surface area contributed by atoms with Crippen molar-refractivity contribution in [3.05, 3.63) is 70.7 Å². The third-order valence-electron chi connectivity index (χ3n) is 5.52. The van der Waals surface area contributed by atoms with Gasteiger partial charge in [-0.2, -0.15) is 0 Å². The summed E-state index contributed by atoms with van der Waals surface area (Å²) in [4.78, 5) is 14.7. The van der Waals surface area contributed by atoms with Gasteiger partial charge in [-0.3, -0.25) is 9.69 Å². The Morgan fingerprint density at radius 1 is 1.21 bits per heavy atom. The molecule has 7 heteroatoms. The maximum Gasteiger partial charge on any atom is 0.287 e. The Kier molecular flexibility index (Phi) is 5.49. The van der Waals surface area contributed by atoms with E-state index in [1.165, 1.54) is 23.0 Å². The van der Waals surface area contributed by atoms with Gasteiger partial charge in [-0.1, -0.05) is 23.8 Å². The number of fused-ring (bicyclic) bond motifs is 1. The Morgan fingerprint density at radius 2 is 2.07 bits per heavy atom. The van der Waals surface area contributed by atoms with E-state index in [2.05, 4.69) is 57.0 Å². The van der Waals surface area contributed by atoms with Crippen LogP contribution in [0.25, 0.3) is 0 Å². The van der Waals surface area contributed by atoms with Gasteiger partial charge in [0, 0.05) is 32.6 Å². The molecular formula is C22H27N5O2. The summed E-state index contributed by atoms with van der Waals surface area (Å²) in [5.74, 6) is 1.81. The minimum absolute atomic E-state index is 0.245. The number of aryl methyl sites for hydroxylation is 2. The van der Waals surface area contributed by atoms with Crippen LogP contribution < -0.4 is 5.32 Å². The van der Waals surface area contributed by atoms with Gasteiger partial charge in [-0.15, -0.1) is 10.2 Å². The molecule has 0 fully saturated rings. The average Bonchev–Trinajstić information content (AvgIpc) is 3.32. The van der Waals surface area contributed by atoms with Crippen LogP contribution in [0.15, 0.2) is 41.0 Å². The molecule has 3 heterocycles. The molecule has 1 atom stereocenters. The number of hydrogen-bond donors (Lipinski definition) is 1. The first kappa shape index (κ1) is 19.4. The fourth-order valence-corrected chi connectivity index (χ4v) is 3.87. The van der Waals surface area contributed by atoms with Crippen LogP contribution in [0.3, 0.4) is 0 Å². The van der Waals surface area contributed by atoms with E-state index in [9.17, 15) is 4.79 Å². The van der Waals surface area contributed by atoms with Gasteiger partial charge in [-0.05, 0) is 44.0 Å². The van der Waals surface area contributed by atoms with Crippen molar-refractivity contribution in [2.24, 2.45) is 0 Å². The molecule has 29 heavy (non-hydrogen) atoms. The number of nitrogens with zero attached hydrogens (tertiary/aromatic N) is 4. The van der Waals surface area contributed by atoms with Crippen molar-refractivity contribution >= 4 is 5.91 Å². The lowest BCUT2D eigenvalue weighted by molar-refractivity contribution is 0.0909. The molecule has 0 bridgehead atoms. The molecular weight excluding hydrogens is 366 g/mol. The number of furan rings is 1. The molecule has 1 N–H and O–H groups in total. The van der Waals surface area contributed by atoms with Crippen LogP contribution in [0, 0.1) is 13.8 Å². The number of hydrogen-bond acceptors (Lipinski definition) is 5. The summed E-state index contributed by atoms with van der Waals surface area (Å²) >= 11 is 0. The van der Waals surface area contributed by atoms with Crippen LogP contribution in [-0.2, 0) is 19.5 Å². The lowest BCUT2D eigenvalue weighted by atomic mass is 10.1.